The topological polar surface area (TPSA) is 75.6 Å². The summed E-state index contributed by atoms with van der Waals surface area (Å²) >= 11 is 0. The van der Waals surface area contributed by atoms with E-state index in [-0.39, 0.29) is 5.91 Å². The Labute approximate surface area is 116 Å². The smallest absolute Gasteiger partial charge is 0.239 e. The average Bonchev–Trinajstić information content (AvgIpc) is 3.23. The number of likely N-dealkylation sites (N-methyl/N-ethyl adjacent to an activating group) is 1. The van der Waals surface area contributed by atoms with Gasteiger partial charge in [-0.1, -0.05) is 6.92 Å². The van der Waals surface area contributed by atoms with Crippen LogP contribution in [0, 0.1) is 5.92 Å². The van der Waals surface area contributed by atoms with E-state index >= 15 is 0 Å². The van der Waals surface area contributed by atoms with Crippen LogP contribution in [0.2, 0.25) is 0 Å². The summed E-state index contributed by atoms with van der Waals surface area (Å²) < 4.78 is 0. The molecule has 4 N–H and O–H groups in total. The van der Waals surface area contributed by atoms with Gasteiger partial charge in [0.05, 0.1) is 0 Å². The zero-order chi connectivity index (χ0) is 14.0. The standard InChI is InChI=1S/C14H28N4O/c1-3-18-8-6-12(7-9-18)17(2)10-14(16,13(15)19)11-4-5-11/h11-12H,3-10,16H2,1-2H3,(H2,15,19). The number of rotatable bonds is 6. The number of nitrogens with two attached hydrogens (primary N) is 2. The summed E-state index contributed by atoms with van der Waals surface area (Å²) in [5.41, 5.74) is 11.0. The van der Waals surface area contributed by atoms with E-state index in [2.05, 4.69) is 23.8 Å². The van der Waals surface area contributed by atoms with Crippen LogP contribution in [0.5, 0.6) is 0 Å². The molecule has 2 fully saturated rings. The van der Waals surface area contributed by atoms with Crippen LogP contribution in [0.3, 0.4) is 0 Å². The summed E-state index contributed by atoms with van der Waals surface area (Å²) in [6.07, 6.45) is 4.40. The first-order chi connectivity index (χ1) is 8.97. The molecule has 1 heterocycles. The highest BCUT2D eigenvalue weighted by molar-refractivity contribution is 5.85. The minimum absolute atomic E-state index is 0.295. The number of amides is 1. The van der Waals surface area contributed by atoms with Crippen molar-refractivity contribution in [2.45, 2.75) is 44.2 Å². The van der Waals surface area contributed by atoms with E-state index in [9.17, 15) is 4.79 Å². The average molecular weight is 268 g/mol. The largest absolute Gasteiger partial charge is 0.368 e. The van der Waals surface area contributed by atoms with Gasteiger partial charge >= 0.3 is 0 Å². The van der Waals surface area contributed by atoms with Crippen LogP contribution in [0.25, 0.3) is 0 Å². The predicted molar refractivity (Wildman–Crippen MR) is 76.6 cm³/mol. The van der Waals surface area contributed by atoms with Gasteiger partial charge in [0.15, 0.2) is 0 Å². The maximum atomic E-state index is 11.7. The van der Waals surface area contributed by atoms with Gasteiger partial charge in [0, 0.05) is 12.6 Å². The Bertz CT molecular complexity index is 323. The van der Waals surface area contributed by atoms with Crippen molar-refractivity contribution in [2.75, 3.05) is 33.2 Å². The van der Waals surface area contributed by atoms with Crippen molar-refractivity contribution in [3.05, 3.63) is 0 Å². The van der Waals surface area contributed by atoms with E-state index in [1.54, 1.807) is 0 Å². The Morgan fingerprint density at radius 1 is 1.32 bits per heavy atom. The minimum Gasteiger partial charge on any atom is -0.368 e. The Morgan fingerprint density at radius 3 is 2.32 bits per heavy atom. The Morgan fingerprint density at radius 2 is 1.89 bits per heavy atom. The van der Waals surface area contributed by atoms with Crippen molar-refractivity contribution in [1.29, 1.82) is 0 Å². The highest BCUT2D eigenvalue weighted by Crippen LogP contribution is 2.39. The molecule has 1 aliphatic carbocycles. The fraction of sp³-hybridized carbons (Fsp3) is 0.929. The SMILES string of the molecule is CCN1CCC(N(C)CC(N)(C(N)=O)C2CC2)CC1. The summed E-state index contributed by atoms with van der Waals surface area (Å²) in [6, 6.07) is 0.531. The van der Waals surface area contributed by atoms with Crippen molar-refractivity contribution in [3.8, 4) is 0 Å². The number of nitrogens with zero attached hydrogens (tertiary/aromatic N) is 2. The summed E-state index contributed by atoms with van der Waals surface area (Å²) in [4.78, 5) is 16.4. The van der Waals surface area contributed by atoms with E-state index < -0.39 is 5.54 Å². The second-order valence-corrected chi connectivity index (χ2v) is 6.26. The molecule has 0 bridgehead atoms. The normalized spacial score (nSPS) is 25.5. The summed E-state index contributed by atoms with van der Waals surface area (Å²) in [6.45, 7) is 6.21. The van der Waals surface area contributed by atoms with Crippen molar-refractivity contribution < 1.29 is 4.79 Å². The molecule has 0 aromatic carbocycles. The lowest BCUT2D eigenvalue weighted by Gasteiger charge is -2.39. The van der Waals surface area contributed by atoms with Crippen LogP contribution in [0.15, 0.2) is 0 Å². The molecule has 19 heavy (non-hydrogen) atoms. The lowest BCUT2D eigenvalue weighted by molar-refractivity contribution is -0.124. The first-order valence-electron chi connectivity index (χ1n) is 7.48. The Hall–Kier alpha value is -0.650. The molecule has 5 heteroatoms. The lowest BCUT2D eigenvalue weighted by Crippen LogP contribution is -2.61. The van der Waals surface area contributed by atoms with E-state index in [1.165, 1.54) is 0 Å². The highest BCUT2D eigenvalue weighted by Gasteiger charge is 2.47. The molecule has 0 aromatic heterocycles. The van der Waals surface area contributed by atoms with Crippen LogP contribution in [0.4, 0.5) is 0 Å². The third-order valence-corrected chi connectivity index (χ3v) is 4.90. The van der Waals surface area contributed by atoms with Gasteiger partial charge in [0.1, 0.15) is 5.54 Å². The number of carbonyl (C=O) groups is 1. The van der Waals surface area contributed by atoms with Gasteiger partial charge in [-0.15, -0.1) is 0 Å². The first kappa shape index (κ1) is 14.8. The van der Waals surface area contributed by atoms with Crippen LogP contribution in [-0.4, -0.2) is 60.5 Å². The van der Waals surface area contributed by atoms with E-state index in [4.69, 9.17) is 11.5 Å². The van der Waals surface area contributed by atoms with Gasteiger partial charge in [-0.25, -0.2) is 0 Å². The van der Waals surface area contributed by atoms with Crippen molar-refractivity contribution in [2.24, 2.45) is 17.4 Å². The summed E-state index contributed by atoms with van der Waals surface area (Å²) in [7, 11) is 2.08. The third kappa shape index (κ3) is 3.27. The maximum absolute atomic E-state index is 11.7. The first-order valence-corrected chi connectivity index (χ1v) is 7.48. The monoisotopic (exact) mass is 268 g/mol. The molecule has 1 aliphatic heterocycles. The number of carbonyl (C=O) groups excluding carboxylic acids is 1. The van der Waals surface area contributed by atoms with Crippen molar-refractivity contribution >= 4 is 5.91 Å². The predicted octanol–water partition coefficient (Wildman–Crippen LogP) is -0.00470. The minimum atomic E-state index is -0.823. The fourth-order valence-electron chi connectivity index (χ4n) is 3.22. The van der Waals surface area contributed by atoms with Crippen LogP contribution < -0.4 is 11.5 Å². The van der Waals surface area contributed by atoms with Gasteiger partial charge in [-0.3, -0.25) is 4.79 Å². The van der Waals surface area contributed by atoms with E-state index in [1.807, 2.05) is 0 Å². The molecule has 0 radical (unpaired) electrons. The molecule has 110 valence electrons. The zero-order valence-corrected chi connectivity index (χ0v) is 12.3. The molecule has 1 amide bonds. The number of primary amides is 1. The maximum Gasteiger partial charge on any atom is 0.239 e. The van der Waals surface area contributed by atoms with E-state index in [0.29, 0.717) is 18.5 Å². The van der Waals surface area contributed by atoms with Crippen molar-refractivity contribution in [1.82, 2.24) is 9.80 Å². The van der Waals surface area contributed by atoms with Gasteiger partial charge in [0.2, 0.25) is 5.91 Å². The molecule has 1 saturated carbocycles. The van der Waals surface area contributed by atoms with Crippen LogP contribution in [-0.2, 0) is 4.79 Å². The summed E-state index contributed by atoms with van der Waals surface area (Å²) in [5, 5.41) is 0. The molecule has 5 nitrogen and oxygen atoms in total. The molecule has 1 atom stereocenters. The van der Waals surface area contributed by atoms with Crippen LogP contribution in [0.1, 0.15) is 32.6 Å². The summed E-state index contributed by atoms with van der Waals surface area (Å²) in [5.74, 6) is -0.0453. The van der Waals surface area contributed by atoms with E-state index in [0.717, 1.165) is 45.3 Å². The molecule has 0 aromatic rings. The molecule has 1 unspecified atom stereocenters. The van der Waals surface area contributed by atoms with Gasteiger partial charge in [0.25, 0.3) is 0 Å². The Kier molecular flexibility index (Phi) is 4.48. The van der Waals surface area contributed by atoms with Gasteiger partial charge in [-0.2, -0.15) is 0 Å². The number of likely N-dealkylation sites (tertiary alicyclic amines) is 1. The number of hydrogen-bond donors (Lipinski definition) is 2. The quantitative estimate of drug-likeness (QED) is 0.711. The lowest BCUT2D eigenvalue weighted by atomic mass is 9.91. The second kappa shape index (κ2) is 5.77. The molecule has 2 rings (SSSR count). The molecule has 1 saturated heterocycles. The third-order valence-electron chi connectivity index (χ3n) is 4.90. The molecule has 0 spiro atoms. The molecular weight excluding hydrogens is 240 g/mol. The highest BCUT2D eigenvalue weighted by atomic mass is 16.1. The number of piperidine rings is 1. The van der Waals surface area contributed by atoms with Crippen LogP contribution >= 0.6 is 0 Å². The molecular formula is C14H28N4O. The van der Waals surface area contributed by atoms with Gasteiger partial charge < -0.3 is 21.3 Å². The molecule has 2 aliphatic rings. The van der Waals surface area contributed by atoms with Crippen molar-refractivity contribution in [3.63, 3.8) is 0 Å². The zero-order valence-electron chi connectivity index (χ0n) is 12.3. The fourth-order valence-corrected chi connectivity index (χ4v) is 3.22. The van der Waals surface area contributed by atoms with Gasteiger partial charge in [-0.05, 0) is 58.3 Å². The number of hydrogen-bond acceptors (Lipinski definition) is 4. The second-order valence-electron chi connectivity index (χ2n) is 6.26. The Balaban J connectivity index is 1.89.